The van der Waals surface area contributed by atoms with Crippen LogP contribution in [0.1, 0.15) is 40.2 Å². The molecule has 5 heteroatoms. The molecule has 0 spiro atoms. The molecule has 0 unspecified atom stereocenters. The van der Waals surface area contributed by atoms with Gasteiger partial charge < -0.3 is 0 Å². The van der Waals surface area contributed by atoms with Crippen molar-refractivity contribution in [3.05, 3.63) is 60.2 Å². The van der Waals surface area contributed by atoms with E-state index < -0.39 is 21.3 Å². The van der Waals surface area contributed by atoms with Gasteiger partial charge in [-0.05, 0) is 51.3 Å². The summed E-state index contributed by atoms with van der Waals surface area (Å²) in [6.45, 7) is 9.28. The van der Waals surface area contributed by atoms with Gasteiger partial charge in [0.25, 0.3) is 10.2 Å². The standard InChI is InChI=1S/C19H26N2O2S/c1-18(2,3)21(24(20,22)23)19(4,5)17-13-11-16(12-14-17)15-9-7-6-8-10-15/h6-14H,1-5H3,(H2,20,22,23). The van der Waals surface area contributed by atoms with Crippen LogP contribution in [0.3, 0.4) is 0 Å². The lowest BCUT2D eigenvalue weighted by molar-refractivity contribution is 0.124. The lowest BCUT2D eigenvalue weighted by atomic mass is 9.89. The quantitative estimate of drug-likeness (QED) is 0.913. The van der Waals surface area contributed by atoms with Gasteiger partial charge in [-0.3, -0.25) is 0 Å². The summed E-state index contributed by atoms with van der Waals surface area (Å²) in [5.41, 5.74) is 1.72. The van der Waals surface area contributed by atoms with E-state index in [1.54, 1.807) is 0 Å². The molecule has 4 nitrogen and oxygen atoms in total. The summed E-state index contributed by atoms with van der Waals surface area (Å²) in [6, 6.07) is 18.0. The third-order valence-corrected chi connectivity index (χ3v) is 5.58. The summed E-state index contributed by atoms with van der Waals surface area (Å²) in [6.07, 6.45) is 0. The van der Waals surface area contributed by atoms with Crippen LogP contribution < -0.4 is 5.14 Å². The normalized spacial score (nSPS) is 13.3. The monoisotopic (exact) mass is 346 g/mol. The zero-order chi connectivity index (χ0) is 18.2. The van der Waals surface area contributed by atoms with Crippen molar-refractivity contribution in [1.29, 1.82) is 0 Å². The number of hydrogen-bond donors (Lipinski definition) is 1. The Labute approximate surface area is 145 Å². The summed E-state index contributed by atoms with van der Waals surface area (Å²) in [4.78, 5) is 0. The molecule has 0 aliphatic heterocycles. The molecule has 2 N–H and O–H groups in total. The zero-order valence-electron chi connectivity index (χ0n) is 14.9. The third-order valence-electron chi connectivity index (χ3n) is 4.07. The van der Waals surface area contributed by atoms with Gasteiger partial charge in [-0.1, -0.05) is 54.6 Å². The van der Waals surface area contributed by atoms with Crippen molar-refractivity contribution in [2.24, 2.45) is 5.14 Å². The summed E-state index contributed by atoms with van der Waals surface area (Å²) in [5.74, 6) is 0. The average molecular weight is 346 g/mol. The minimum absolute atomic E-state index is 0.630. The Morgan fingerprint density at radius 1 is 0.792 bits per heavy atom. The molecule has 0 aromatic heterocycles. The second kappa shape index (κ2) is 6.31. The van der Waals surface area contributed by atoms with Crippen molar-refractivity contribution in [2.45, 2.75) is 45.7 Å². The molecule has 0 bridgehead atoms. The summed E-state index contributed by atoms with van der Waals surface area (Å²) in [5, 5.41) is 5.51. The first kappa shape index (κ1) is 18.6. The van der Waals surface area contributed by atoms with Crippen molar-refractivity contribution >= 4 is 10.2 Å². The molecule has 0 saturated heterocycles. The van der Waals surface area contributed by atoms with E-state index in [-0.39, 0.29) is 0 Å². The summed E-state index contributed by atoms with van der Waals surface area (Å²) in [7, 11) is -3.86. The predicted octanol–water partition coefficient (Wildman–Crippen LogP) is 3.89. The first-order chi connectivity index (χ1) is 10.9. The van der Waals surface area contributed by atoms with E-state index in [1.165, 1.54) is 4.31 Å². The Morgan fingerprint density at radius 3 is 1.67 bits per heavy atom. The molecule has 2 rings (SSSR count). The molecule has 0 aliphatic rings. The Balaban J connectivity index is 2.46. The van der Waals surface area contributed by atoms with Crippen LogP contribution in [0.5, 0.6) is 0 Å². The maximum atomic E-state index is 12.2. The van der Waals surface area contributed by atoms with Gasteiger partial charge in [0.05, 0.1) is 5.54 Å². The van der Waals surface area contributed by atoms with Gasteiger partial charge >= 0.3 is 0 Å². The van der Waals surface area contributed by atoms with Crippen molar-refractivity contribution in [1.82, 2.24) is 4.31 Å². The fraction of sp³-hybridized carbons (Fsp3) is 0.368. The minimum atomic E-state index is -3.86. The fourth-order valence-electron chi connectivity index (χ4n) is 3.36. The smallest absolute Gasteiger partial charge is 0.216 e. The highest BCUT2D eigenvalue weighted by atomic mass is 32.2. The average Bonchev–Trinajstić information content (AvgIpc) is 2.44. The Morgan fingerprint density at radius 2 is 1.25 bits per heavy atom. The molecule has 2 aromatic rings. The second-order valence-electron chi connectivity index (χ2n) is 7.48. The SMILES string of the molecule is CC(C)(C)N(C(C)(C)c1ccc(-c2ccccc2)cc1)S(N)(=O)=O. The van der Waals surface area contributed by atoms with E-state index in [2.05, 4.69) is 0 Å². The van der Waals surface area contributed by atoms with Crippen molar-refractivity contribution < 1.29 is 8.42 Å². The largest absolute Gasteiger partial charge is 0.278 e. The second-order valence-corrected chi connectivity index (χ2v) is 8.88. The molecular formula is C19H26N2O2S. The Bertz CT molecular complexity index is 790. The van der Waals surface area contributed by atoms with Crippen LogP contribution in [-0.4, -0.2) is 18.3 Å². The summed E-state index contributed by atoms with van der Waals surface area (Å²) >= 11 is 0. The fourth-order valence-corrected chi connectivity index (χ4v) is 4.86. The van der Waals surface area contributed by atoms with Crippen LogP contribution in [0.2, 0.25) is 0 Å². The lowest BCUT2D eigenvalue weighted by Gasteiger charge is -2.44. The zero-order valence-corrected chi connectivity index (χ0v) is 15.8. The van der Waals surface area contributed by atoms with Crippen LogP contribution in [0, 0.1) is 0 Å². The van der Waals surface area contributed by atoms with Gasteiger partial charge in [-0.15, -0.1) is 0 Å². The van der Waals surface area contributed by atoms with Gasteiger partial charge in [-0.25, -0.2) is 5.14 Å². The number of rotatable bonds is 4. The van der Waals surface area contributed by atoms with E-state index in [9.17, 15) is 8.42 Å². The predicted molar refractivity (Wildman–Crippen MR) is 99.6 cm³/mol. The van der Waals surface area contributed by atoms with Gasteiger partial charge in [0.1, 0.15) is 0 Å². The van der Waals surface area contributed by atoms with Crippen LogP contribution >= 0.6 is 0 Å². The third kappa shape index (κ3) is 3.86. The van der Waals surface area contributed by atoms with E-state index in [4.69, 9.17) is 5.14 Å². The van der Waals surface area contributed by atoms with Crippen molar-refractivity contribution in [2.75, 3.05) is 0 Å². The summed E-state index contributed by atoms with van der Waals surface area (Å²) < 4.78 is 25.7. The molecule has 0 saturated carbocycles. The molecule has 0 amide bonds. The topological polar surface area (TPSA) is 63.4 Å². The van der Waals surface area contributed by atoms with E-state index in [1.807, 2.05) is 89.2 Å². The molecule has 0 aliphatic carbocycles. The molecule has 0 fully saturated rings. The van der Waals surface area contributed by atoms with Gasteiger partial charge in [0.2, 0.25) is 0 Å². The molecule has 24 heavy (non-hydrogen) atoms. The van der Waals surface area contributed by atoms with Crippen molar-refractivity contribution in [3.8, 4) is 11.1 Å². The number of nitrogens with zero attached hydrogens (tertiary/aromatic N) is 1. The number of hydrogen-bond acceptors (Lipinski definition) is 2. The van der Waals surface area contributed by atoms with Crippen LogP contribution in [-0.2, 0) is 15.7 Å². The van der Waals surface area contributed by atoms with Crippen LogP contribution in [0.15, 0.2) is 54.6 Å². The van der Waals surface area contributed by atoms with E-state index in [0.29, 0.717) is 0 Å². The first-order valence-electron chi connectivity index (χ1n) is 7.93. The molecule has 0 atom stereocenters. The van der Waals surface area contributed by atoms with Gasteiger partial charge in [0.15, 0.2) is 0 Å². The highest BCUT2D eigenvalue weighted by Gasteiger charge is 2.43. The molecule has 0 heterocycles. The Kier molecular flexibility index (Phi) is 4.91. The van der Waals surface area contributed by atoms with Gasteiger partial charge in [-0.2, -0.15) is 12.7 Å². The minimum Gasteiger partial charge on any atom is -0.216 e. The highest BCUT2D eigenvalue weighted by molar-refractivity contribution is 7.86. The number of nitrogens with two attached hydrogens (primary N) is 1. The molecule has 130 valence electrons. The van der Waals surface area contributed by atoms with Crippen LogP contribution in [0.4, 0.5) is 0 Å². The maximum absolute atomic E-state index is 12.2. The van der Waals surface area contributed by atoms with E-state index >= 15 is 0 Å². The molecule has 2 aromatic carbocycles. The molecular weight excluding hydrogens is 320 g/mol. The highest BCUT2D eigenvalue weighted by Crippen LogP contribution is 2.36. The first-order valence-corrected chi connectivity index (χ1v) is 9.43. The van der Waals surface area contributed by atoms with Gasteiger partial charge in [0, 0.05) is 5.54 Å². The van der Waals surface area contributed by atoms with Crippen molar-refractivity contribution in [3.63, 3.8) is 0 Å². The van der Waals surface area contributed by atoms with E-state index in [0.717, 1.165) is 16.7 Å². The maximum Gasteiger partial charge on any atom is 0.278 e. The molecule has 0 radical (unpaired) electrons. The lowest BCUT2D eigenvalue weighted by Crippen LogP contribution is -2.57. The number of benzene rings is 2. The Hall–Kier alpha value is -1.69. The van der Waals surface area contributed by atoms with Crippen LogP contribution in [0.25, 0.3) is 11.1 Å².